The van der Waals surface area contributed by atoms with Crippen LogP contribution in [-0.2, 0) is 16.0 Å². The van der Waals surface area contributed by atoms with Gasteiger partial charge >= 0.3 is 0 Å². The number of halogens is 1. The average Bonchev–Trinajstić information content (AvgIpc) is 3.47. The van der Waals surface area contributed by atoms with Crippen molar-refractivity contribution in [2.24, 2.45) is 5.92 Å². The number of benzene rings is 2. The molecule has 0 bridgehead atoms. The number of hydrogen-bond donors (Lipinski definition) is 3. The summed E-state index contributed by atoms with van der Waals surface area (Å²) in [5, 5.41) is 23.6. The van der Waals surface area contributed by atoms with Crippen LogP contribution in [0.4, 0.5) is 0 Å². The van der Waals surface area contributed by atoms with Crippen LogP contribution < -0.4 is 14.8 Å². The lowest BCUT2D eigenvalue weighted by Crippen LogP contribution is -2.55. The second-order valence-electron chi connectivity index (χ2n) is 10.5. The van der Waals surface area contributed by atoms with E-state index in [1.807, 2.05) is 48.5 Å². The molecule has 2 aliphatic rings. The van der Waals surface area contributed by atoms with Crippen LogP contribution in [0.15, 0.2) is 60.2 Å². The minimum Gasteiger partial charge on any atom is -0.497 e. The van der Waals surface area contributed by atoms with Crippen molar-refractivity contribution in [2.45, 2.75) is 63.2 Å². The van der Waals surface area contributed by atoms with Gasteiger partial charge in [-0.25, -0.2) is 0 Å². The van der Waals surface area contributed by atoms with Crippen LogP contribution in [0.2, 0.25) is 0 Å². The largest absolute Gasteiger partial charge is 0.497 e. The van der Waals surface area contributed by atoms with E-state index in [2.05, 4.69) is 27.9 Å². The molecule has 0 spiro atoms. The van der Waals surface area contributed by atoms with Gasteiger partial charge in [-0.3, -0.25) is 9.59 Å². The maximum Gasteiger partial charge on any atom is 0.247 e. The van der Waals surface area contributed by atoms with Crippen LogP contribution in [0, 0.1) is 9.49 Å². The highest BCUT2D eigenvalue weighted by Crippen LogP contribution is 2.32. The van der Waals surface area contributed by atoms with E-state index in [4.69, 9.17) is 9.47 Å². The van der Waals surface area contributed by atoms with Crippen molar-refractivity contribution < 1.29 is 29.3 Å². The monoisotopic (exact) mass is 662 g/mol. The first-order chi connectivity index (χ1) is 19.4. The first-order valence-electron chi connectivity index (χ1n) is 14.0. The van der Waals surface area contributed by atoms with E-state index in [-0.39, 0.29) is 31.4 Å². The third-order valence-corrected chi connectivity index (χ3v) is 8.64. The second kappa shape index (κ2) is 14.8. The Hall–Kier alpha value is -2.63. The smallest absolute Gasteiger partial charge is 0.247 e. The lowest BCUT2D eigenvalue weighted by molar-refractivity contribution is -0.139. The van der Waals surface area contributed by atoms with Crippen molar-refractivity contribution in [3.8, 4) is 11.5 Å². The number of nitrogens with one attached hydrogen (secondary N) is 1. The Kier molecular flexibility index (Phi) is 11.3. The minimum atomic E-state index is -1.04. The molecule has 0 heterocycles. The number of aliphatic hydroxyl groups excluding tert-OH is 2. The zero-order valence-electron chi connectivity index (χ0n) is 22.9. The number of amides is 2. The van der Waals surface area contributed by atoms with E-state index >= 15 is 0 Å². The van der Waals surface area contributed by atoms with Crippen LogP contribution in [0.3, 0.4) is 0 Å². The lowest BCUT2D eigenvalue weighted by Gasteiger charge is -2.41. The molecule has 0 aromatic heterocycles. The summed E-state index contributed by atoms with van der Waals surface area (Å²) in [5.74, 6) is 1.34. The van der Waals surface area contributed by atoms with Gasteiger partial charge in [0.2, 0.25) is 11.8 Å². The normalized spacial score (nSPS) is 21.0. The van der Waals surface area contributed by atoms with Crippen LogP contribution in [0.5, 0.6) is 11.5 Å². The maximum atomic E-state index is 13.9. The SMILES string of the molecule is COc1cccc(CCN(C(=O)CC2CCCC2)[C@@H]2CC(C(=O)NCCO)=C[C@H](Oc3ccccc3I)[C@H]2O)c1. The number of rotatable bonds is 12. The molecule has 1 fully saturated rings. The van der Waals surface area contributed by atoms with Crippen molar-refractivity contribution >= 4 is 34.4 Å². The van der Waals surface area contributed by atoms with Gasteiger partial charge in [0.15, 0.2) is 0 Å². The fraction of sp³-hybridized carbons (Fsp3) is 0.484. The maximum absolute atomic E-state index is 13.9. The molecule has 0 radical (unpaired) electrons. The van der Waals surface area contributed by atoms with Crippen molar-refractivity contribution in [3.05, 3.63) is 69.3 Å². The van der Waals surface area contributed by atoms with Crippen LogP contribution in [-0.4, -0.2) is 72.0 Å². The number of aliphatic hydroxyl groups is 2. The Bertz CT molecular complexity index is 1180. The molecule has 0 saturated heterocycles. The molecule has 3 N–H and O–H groups in total. The summed E-state index contributed by atoms with van der Waals surface area (Å²) in [4.78, 5) is 28.7. The first kappa shape index (κ1) is 30.3. The third-order valence-electron chi connectivity index (χ3n) is 7.75. The molecule has 0 unspecified atom stereocenters. The summed E-state index contributed by atoms with van der Waals surface area (Å²) in [6, 6.07) is 14.6. The summed E-state index contributed by atoms with van der Waals surface area (Å²) in [7, 11) is 1.62. The summed E-state index contributed by atoms with van der Waals surface area (Å²) >= 11 is 2.17. The van der Waals surface area contributed by atoms with E-state index in [0.717, 1.165) is 40.6 Å². The highest BCUT2D eigenvalue weighted by atomic mass is 127. The van der Waals surface area contributed by atoms with E-state index < -0.39 is 18.2 Å². The minimum absolute atomic E-state index is 0.0103. The zero-order chi connectivity index (χ0) is 28.5. The number of ether oxygens (including phenoxy) is 2. The topological polar surface area (TPSA) is 108 Å². The molecule has 9 heteroatoms. The fourth-order valence-corrected chi connectivity index (χ4v) is 6.11. The molecule has 2 aliphatic carbocycles. The third kappa shape index (κ3) is 7.98. The number of carbonyl (C=O) groups excluding carboxylic acids is 2. The van der Waals surface area contributed by atoms with E-state index in [9.17, 15) is 19.8 Å². The summed E-state index contributed by atoms with van der Waals surface area (Å²) in [5.41, 5.74) is 1.45. The van der Waals surface area contributed by atoms with E-state index in [0.29, 0.717) is 36.6 Å². The molecule has 2 amide bonds. The number of carbonyl (C=O) groups is 2. The van der Waals surface area contributed by atoms with Crippen molar-refractivity contribution in [2.75, 3.05) is 26.8 Å². The first-order valence-corrected chi connectivity index (χ1v) is 15.1. The van der Waals surface area contributed by atoms with E-state index in [1.54, 1.807) is 18.1 Å². The van der Waals surface area contributed by atoms with Gasteiger partial charge in [-0.1, -0.05) is 37.1 Å². The predicted molar refractivity (Wildman–Crippen MR) is 161 cm³/mol. The average molecular weight is 663 g/mol. The van der Waals surface area contributed by atoms with Crippen LogP contribution in [0.1, 0.15) is 44.1 Å². The summed E-state index contributed by atoms with van der Waals surface area (Å²) < 4.78 is 12.5. The molecule has 0 aliphatic heterocycles. The molecule has 2 aromatic rings. The second-order valence-corrected chi connectivity index (χ2v) is 11.7. The molecular weight excluding hydrogens is 623 g/mol. The molecule has 8 nitrogen and oxygen atoms in total. The van der Waals surface area contributed by atoms with Gasteiger partial charge in [0.05, 0.1) is 23.3 Å². The molecule has 2 aromatic carbocycles. The van der Waals surface area contributed by atoms with Crippen LogP contribution in [0.25, 0.3) is 0 Å². The zero-order valence-corrected chi connectivity index (χ0v) is 25.1. The van der Waals surface area contributed by atoms with Gasteiger partial charge in [0.1, 0.15) is 23.7 Å². The summed E-state index contributed by atoms with van der Waals surface area (Å²) in [6.45, 7) is 0.326. The van der Waals surface area contributed by atoms with Gasteiger partial charge in [0, 0.05) is 31.5 Å². The van der Waals surface area contributed by atoms with Crippen molar-refractivity contribution in [1.82, 2.24) is 10.2 Å². The molecule has 3 atom stereocenters. The van der Waals surface area contributed by atoms with Crippen molar-refractivity contribution in [3.63, 3.8) is 0 Å². The molecule has 1 saturated carbocycles. The Morgan fingerprint density at radius 2 is 1.90 bits per heavy atom. The Balaban J connectivity index is 1.63. The predicted octanol–water partition coefficient (Wildman–Crippen LogP) is 3.87. The molecule has 216 valence electrons. The lowest BCUT2D eigenvalue weighted by atomic mass is 9.87. The van der Waals surface area contributed by atoms with Gasteiger partial charge < -0.3 is 29.9 Å². The number of nitrogens with zero attached hydrogens (tertiary/aromatic N) is 1. The van der Waals surface area contributed by atoms with E-state index in [1.165, 1.54) is 0 Å². The van der Waals surface area contributed by atoms with Crippen molar-refractivity contribution in [1.29, 1.82) is 0 Å². The summed E-state index contributed by atoms with van der Waals surface area (Å²) in [6.07, 6.45) is 5.33. The number of para-hydroxylation sites is 1. The standard InChI is InChI=1S/C31H39IN2O6/c1-39-24-10-6-9-22(17-24)13-15-34(29(36)18-21-7-2-3-8-21)26-19-23(31(38)33-14-16-35)20-28(30(26)37)40-27-12-5-4-11-25(27)32/h4-6,9-12,17,20-21,26,28,30,35,37H,2-3,7-8,13-16,18-19H2,1H3,(H,33,38)/t26-,28+,30+/m1/s1. The van der Waals surface area contributed by atoms with Gasteiger partial charge in [-0.15, -0.1) is 0 Å². The quantitative estimate of drug-likeness (QED) is 0.298. The van der Waals surface area contributed by atoms with Gasteiger partial charge in [-0.2, -0.15) is 0 Å². The molecular formula is C31H39IN2O6. The fourth-order valence-electron chi connectivity index (χ4n) is 5.60. The Morgan fingerprint density at radius 3 is 2.62 bits per heavy atom. The highest BCUT2D eigenvalue weighted by Gasteiger charge is 2.41. The Labute approximate surface area is 249 Å². The molecule has 40 heavy (non-hydrogen) atoms. The number of methoxy groups -OCH3 is 1. The molecule has 4 rings (SSSR count). The highest BCUT2D eigenvalue weighted by molar-refractivity contribution is 14.1. The Morgan fingerprint density at radius 1 is 1.12 bits per heavy atom. The van der Waals surface area contributed by atoms with Gasteiger partial charge in [0.25, 0.3) is 0 Å². The van der Waals surface area contributed by atoms with Crippen LogP contribution >= 0.6 is 22.6 Å². The number of hydrogen-bond acceptors (Lipinski definition) is 6. The van der Waals surface area contributed by atoms with Gasteiger partial charge in [-0.05, 0) is 83.7 Å².